The van der Waals surface area contributed by atoms with Gasteiger partial charge >= 0.3 is 6.18 Å². The zero-order valence-corrected chi connectivity index (χ0v) is 22.7. The molecule has 7 heteroatoms. The first-order valence-corrected chi connectivity index (χ1v) is 13.4. The third kappa shape index (κ3) is 4.22. The number of halogens is 3. The molecule has 204 valence electrons. The molecule has 0 radical (unpaired) electrons. The van der Waals surface area contributed by atoms with Crippen molar-refractivity contribution in [2.75, 3.05) is 0 Å². The van der Waals surface area contributed by atoms with Crippen LogP contribution in [0.1, 0.15) is 11.1 Å². The Morgan fingerprint density at radius 1 is 0.605 bits per heavy atom. The minimum Gasteiger partial charge on any atom is -0.181 e. The topological polar surface area (TPSA) is 52.9 Å². The summed E-state index contributed by atoms with van der Waals surface area (Å²) in [6.07, 6.45) is -2.50. The molecule has 7 rings (SSSR count). The Balaban J connectivity index is 1.48. The van der Waals surface area contributed by atoms with Gasteiger partial charge in [0.05, 0.1) is 16.0 Å². The minimum absolute atomic E-state index is 0.498. The van der Waals surface area contributed by atoms with Gasteiger partial charge in [0.2, 0.25) is 6.19 Å². The molecule has 4 nitrogen and oxygen atoms in total. The molecular formula is C36H19F3N4. The molecule has 7 aromatic carbocycles. The lowest BCUT2D eigenvalue weighted by molar-refractivity contribution is -0.137. The predicted octanol–water partition coefficient (Wildman–Crippen LogP) is 8.95. The fourth-order valence-electron chi connectivity index (χ4n) is 5.96. The number of aryl methyl sites for hydroxylation is 1. The second-order valence-electron chi connectivity index (χ2n) is 10.5. The lowest BCUT2D eigenvalue weighted by Crippen LogP contribution is -2.04. The van der Waals surface area contributed by atoms with E-state index in [2.05, 4.69) is 51.4 Å². The van der Waals surface area contributed by atoms with Crippen molar-refractivity contribution in [1.82, 2.24) is 0 Å². The van der Waals surface area contributed by atoms with Crippen LogP contribution in [0.4, 0.5) is 13.2 Å². The molecule has 0 atom stereocenters. The molecule has 0 saturated carbocycles. The molecule has 0 bridgehead atoms. The van der Waals surface area contributed by atoms with E-state index >= 15 is 0 Å². The molecule has 0 aliphatic carbocycles. The van der Waals surface area contributed by atoms with E-state index < -0.39 is 11.7 Å². The highest BCUT2D eigenvalue weighted by Gasteiger charge is 2.30. The quantitative estimate of drug-likeness (QED) is 0.117. The summed E-state index contributed by atoms with van der Waals surface area (Å²) in [5.41, 5.74) is 3.87. The van der Waals surface area contributed by atoms with Crippen LogP contribution in [0.5, 0.6) is 0 Å². The Labute approximate surface area is 243 Å². The zero-order chi connectivity index (χ0) is 29.9. The summed E-state index contributed by atoms with van der Waals surface area (Å²) < 4.78 is 39.3. The van der Waals surface area contributed by atoms with E-state index in [1.54, 1.807) is 0 Å². The molecule has 0 heterocycles. The largest absolute Gasteiger partial charge is 0.416 e. The van der Waals surface area contributed by atoms with Crippen LogP contribution in [-0.4, -0.2) is 0 Å². The molecule has 0 amide bonds. The summed E-state index contributed by atoms with van der Waals surface area (Å²) in [6.45, 7) is 9.56. The maximum Gasteiger partial charge on any atom is 0.416 e. The van der Waals surface area contributed by atoms with Crippen molar-refractivity contribution < 1.29 is 13.2 Å². The molecule has 7 aromatic rings. The van der Waals surface area contributed by atoms with Crippen molar-refractivity contribution in [3.8, 4) is 28.4 Å². The molecular weight excluding hydrogens is 545 g/mol. The highest BCUT2D eigenvalue weighted by atomic mass is 19.4. The second-order valence-corrected chi connectivity index (χ2v) is 10.5. The average molecular weight is 565 g/mol. The molecule has 43 heavy (non-hydrogen) atoms. The Morgan fingerprint density at radius 3 is 1.58 bits per heavy atom. The first-order valence-electron chi connectivity index (χ1n) is 13.4. The summed E-state index contributed by atoms with van der Waals surface area (Å²) in [4.78, 5) is 7.56. The molecule has 0 saturated heterocycles. The zero-order valence-electron chi connectivity index (χ0n) is 22.7. The van der Waals surface area contributed by atoms with Crippen LogP contribution in [0.2, 0.25) is 0 Å². The van der Waals surface area contributed by atoms with E-state index in [4.69, 9.17) is 6.57 Å². The summed E-state index contributed by atoms with van der Waals surface area (Å²) in [7, 11) is 0. The van der Waals surface area contributed by atoms with Crippen molar-refractivity contribution in [2.24, 2.45) is 10.1 Å². The number of fused-ring (bicyclic) bond motifs is 6. The van der Waals surface area contributed by atoms with Crippen LogP contribution in [0, 0.1) is 25.0 Å². The number of rotatable bonds is 2. The molecule has 0 aromatic heterocycles. The van der Waals surface area contributed by atoms with Crippen LogP contribution in [0.3, 0.4) is 0 Å². The SMILES string of the molecule is [C-]#[N+]/N=c1\c2cc(-c3ccc(C)cc3)ccc2c2cc3c(=NC#N)c4cc(-c5ccc(C(F)(F)F)cc5)ccc4c3cc12. The van der Waals surface area contributed by atoms with Crippen molar-refractivity contribution in [1.29, 1.82) is 5.26 Å². The number of benzene rings is 5. The Bertz CT molecular complexity index is 2450. The number of alkyl halides is 3. The fourth-order valence-corrected chi connectivity index (χ4v) is 5.96. The lowest BCUT2D eigenvalue weighted by Gasteiger charge is -2.08. The van der Waals surface area contributed by atoms with E-state index in [-0.39, 0.29) is 0 Å². The van der Waals surface area contributed by atoms with Crippen LogP contribution in [0.25, 0.3) is 70.3 Å². The van der Waals surface area contributed by atoms with E-state index in [1.807, 2.05) is 49.5 Å². The third-order valence-corrected chi connectivity index (χ3v) is 8.04. The number of hydrogen-bond acceptors (Lipinski definition) is 3. The predicted molar refractivity (Wildman–Crippen MR) is 163 cm³/mol. The van der Waals surface area contributed by atoms with Gasteiger partial charge in [0.15, 0.2) is 5.36 Å². The molecule has 0 aliphatic rings. The van der Waals surface area contributed by atoms with Gasteiger partial charge in [0, 0.05) is 21.5 Å². The van der Waals surface area contributed by atoms with Gasteiger partial charge in [-0.1, -0.05) is 66.2 Å². The standard InChI is InChI=1S/C36H19F3N4/c1-20-3-5-21(6-4-20)24-10-14-27-29-17-32-28(18-33(29)35(43-41-2)31(27)16-24)26-13-9-23(15-30(26)34(32)42-19-40)22-7-11-25(12-8-22)36(37,38)39/h3-18H,1H3/b42-34?,43-35+. The van der Waals surface area contributed by atoms with Gasteiger partial charge in [0.1, 0.15) is 0 Å². The van der Waals surface area contributed by atoms with Crippen LogP contribution in [0.15, 0.2) is 107 Å². The second kappa shape index (κ2) is 9.65. The molecule has 0 aliphatic heterocycles. The molecule has 0 unspecified atom stereocenters. The Hall–Kier alpha value is -5.79. The van der Waals surface area contributed by atoms with Crippen LogP contribution >= 0.6 is 0 Å². The Kier molecular flexibility index (Phi) is 5.86. The summed E-state index contributed by atoms with van der Waals surface area (Å²) in [5.74, 6) is 0. The first-order chi connectivity index (χ1) is 20.8. The van der Waals surface area contributed by atoms with E-state index in [9.17, 15) is 18.4 Å². The highest BCUT2D eigenvalue weighted by Crippen LogP contribution is 2.36. The minimum atomic E-state index is -4.42. The van der Waals surface area contributed by atoms with E-state index in [0.717, 1.165) is 66.3 Å². The molecule has 0 N–H and O–H groups in total. The van der Waals surface area contributed by atoms with Gasteiger partial charge in [-0.3, -0.25) is 0 Å². The number of hydrogen-bond donors (Lipinski definition) is 0. The third-order valence-electron chi connectivity index (χ3n) is 8.04. The van der Waals surface area contributed by atoms with Gasteiger partial charge in [-0.15, -0.1) is 4.95 Å². The van der Waals surface area contributed by atoms with Gasteiger partial charge in [-0.05, 0) is 87.1 Å². The van der Waals surface area contributed by atoms with E-state index in [0.29, 0.717) is 21.8 Å². The smallest absolute Gasteiger partial charge is 0.181 e. The van der Waals surface area contributed by atoms with Crippen molar-refractivity contribution >= 4 is 43.1 Å². The van der Waals surface area contributed by atoms with Crippen molar-refractivity contribution in [2.45, 2.75) is 13.1 Å². The monoisotopic (exact) mass is 564 g/mol. The van der Waals surface area contributed by atoms with Gasteiger partial charge in [-0.2, -0.15) is 30.0 Å². The van der Waals surface area contributed by atoms with Gasteiger partial charge in [0.25, 0.3) is 0 Å². The van der Waals surface area contributed by atoms with Crippen LogP contribution in [-0.2, 0) is 6.18 Å². The van der Waals surface area contributed by atoms with Crippen molar-refractivity contribution in [3.05, 3.63) is 130 Å². The summed E-state index contributed by atoms with van der Waals surface area (Å²) in [5, 5.41) is 21.6. The van der Waals surface area contributed by atoms with Gasteiger partial charge < -0.3 is 0 Å². The summed E-state index contributed by atoms with van der Waals surface area (Å²) >= 11 is 0. The summed E-state index contributed by atoms with van der Waals surface area (Å²) in [6, 6.07) is 29.0. The molecule has 0 fully saturated rings. The van der Waals surface area contributed by atoms with Gasteiger partial charge in [-0.25, -0.2) is 0 Å². The Morgan fingerprint density at radius 2 is 1.07 bits per heavy atom. The van der Waals surface area contributed by atoms with E-state index in [1.165, 1.54) is 17.7 Å². The van der Waals surface area contributed by atoms with Crippen LogP contribution < -0.4 is 10.7 Å². The number of nitrogens with zero attached hydrogens (tertiary/aromatic N) is 4. The molecule has 0 spiro atoms. The fraction of sp³-hybridized carbons (Fsp3) is 0.0556. The lowest BCUT2D eigenvalue weighted by atomic mass is 10.0. The first kappa shape index (κ1) is 26.1. The normalized spacial score (nSPS) is 12.9. The highest BCUT2D eigenvalue weighted by molar-refractivity contribution is 6.21. The maximum atomic E-state index is 13.1. The average Bonchev–Trinajstić information content (AvgIpc) is 3.47. The van der Waals surface area contributed by atoms with Crippen molar-refractivity contribution in [3.63, 3.8) is 0 Å². The number of nitriles is 1. The maximum absolute atomic E-state index is 13.1.